The van der Waals surface area contributed by atoms with Gasteiger partial charge >= 0.3 is 0 Å². The molecule has 0 saturated carbocycles. The molecule has 0 saturated heterocycles. The molecule has 0 radical (unpaired) electrons. The quantitative estimate of drug-likeness (QED) is 0.569. The van der Waals surface area contributed by atoms with Gasteiger partial charge in [0.2, 0.25) is 5.24 Å². The van der Waals surface area contributed by atoms with Crippen LogP contribution in [-0.2, 0) is 11.2 Å². The second kappa shape index (κ2) is 4.06. The first-order valence-corrected chi connectivity index (χ1v) is 5.63. The molecule has 1 aliphatic carbocycles. The van der Waals surface area contributed by atoms with E-state index < -0.39 is 5.24 Å². The molecule has 1 aliphatic rings. The maximum Gasteiger partial charge on any atom is 0.245 e. The predicted octanol–water partition coefficient (Wildman–Crippen LogP) is 3.68. The Morgan fingerprint density at radius 2 is 2.20 bits per heavy atom. The molecular formula is C11H7BrClFO. The molecule has 1 aromatic carbocycles. The SMILES string of the molecule is O=C(Cl)/C=C1\CCc2c(Br)cc(F)cc21. The van der Waals surface area contributed by atoms with Crippen molar-refractivity contribution >= 4 is 38.3 Å². The number of carbonyl (C=O) groups is 1. The van der Waals surface area contributed by atoms with Crippen molar-refractivity contribution < 1.29 is 9.18 Å². The van der Waals surface area contributed by atoms with Gasteiger partial charge in [-0.2, -0.15) is 0 Å². The van der Waals surface area contributed by atoms with Crippen molar-refractivity contribution in [2.75, 3.05) is 0 Å². The van der Waals surface area contributed by atoms with E-state index in [1.54, 1.807) is 0 Å². The molecule has 0 spiro atoms. The Morgan fingerprint density at radius 3 is 2.87 bits per heavy atom. The van der Waals surface area contributed by atoms with Crippen molar-refractivity contribution in [1.29, 1.82) is 0 Å². The lowest BCUT2D eigenvalue weighted by molar-refractivity contribution is -0.107. The first kappa shape index (κ1) is 10.8. The average molecular weight is 290 g/mol. The molecule has 78 valence electrons. The molecule has 2 rings (SSSR count). The van der Waals surface area contributed by atoms with Crippen molar-refractivity contribution in [3.05, 3.63) is 39.6 Å². The normalized spacial score (nSPS) is 16.9. The van der Waals surface area contributed by atoms with Crippen LogP contribution in [0.4, 0.5) is 4.39 Å². The van der Waals surface area contributed by atoms with Crippen LogP contribution in [0.5, 0.6) is 0 Å². The van der Waals surface area contributed by atoms with Gasteiger partial charge in [0.05, 0.1) is 0 Å². The van der Waals surface area contributed by atoms with E-state index >= 15 is 0 Å². The largest absolute Gasteiger partial charge is 0.276 e. The highest BCUT2D eigenvalue weighted by Crippen LogP contribution is 2.37. The van der Waals surface area contributed by atoms with Gasteiger partial charge in [0, 0.05) is 10.5 Å². The Hall–Kier alpha value is -0.670. The molecule has 4 heteroatoms. The predicted molar refractivity (Wildman–Crippen MR) is 61.3 cm³/mol. The van der Waals surface area contributed by atoms with E-state index in [1.165, 1.54) is 18.2 Å². The van der Waals surface area contributed by atoms with E-state index in [9.17, 15) is 9.18 Å². The fraction of sp³-hybridized carbons (Fsp3) is 0.182. The summed E-state index contributed by atoms with van der Waals surface area (Å²) >= 11 is 8.59. The van der Waals surface area contributed by atoms with Crippen molar-refractivity contribution in [3.63, 3.8) is 0 Å². The number of benzene rings is 1. The number of rotatable bonds is 1. The standard InChI is InChI=1S/C11H7BrClFO/c12-10-5-7(14)4-9-6(3-11(13)15)1-2-8(9)10/h3-5H,1-2H2/b6-3+. The van der Waals surface area contributed by atoms with Crippen molar-refractivity contribution in [1.82, 2.24) is 0 Å². The Labute approximate surface area is 100 Å². The average Bonchev–Trinajstić information content (AvgIpc) is 2.48. The summed E-state index contributed by atoms with van der Waals surface area (Å²) in [7, 11) is 0. The van der Waals surface area contributed by atoms with Crippen LogP contribution in [0.15, 0.2) is 22.7 Å². The summed E-state index contributed by atoms with van der Waals surface area (Å²) in [5.41, 5.74) is 2.64. The number of fused-ring (bicyclic) bond motifs is 1. The summed E-state index contributed by atoms with van der Waals surface area (Å²) in [5.74, 6) is -0.310. The minimum absolute atomic E-state index is 0.310. The molecule has 0 heterocycles. The van der Waals surface area contributed by atoms with Crippen LogP contribution in [0.25, 0.3) is 5.57 Å². The molecule has 0 aliphatic heterocycles. The Balaban J connectivity index is 2.55. The third kappa shape index (κ3) is 2.13. The van der Waals surface area contributed by atoms with Crippen molar-refractivity contribution in [2.45, 2.75) is 12.8 Å². The van der Waals surface area contributed by atoms with E-state index in [0.717, 1.165) is 34.0 Å². The van der Waals surface area contributed by atoms with Crippen LogP contribution in [-0.4, -0.2) is 5.24 Å². The van der Waals surface area contributed by atoms with Crippen molar-refractivity contribution in [3.8, 4) is 0 Å². The van der Waals surface area contributed by atoms with Gasteiger partial charge in [-0.15, -0.1) is 0 Å². The monoisotopic (exact) mass is 288 g/mol. The number of hydrogen-bond donors (Lipinski definition) is 0. The zero-order valence-corrected chi connectivity index (χ0v) is 10.0. The summed E-state index contributed by atoms with van der Waals surface area (Å²) in [6.45, 7) is 0. The van der Waals surface area contributed by atoms with E-state index in [1.807, 2.05) is 0 Å². The maximum atomic E-state index is 13.2. The van der Waals surface area contributed by atoms with Gasteiger partial charge in [-0.3, -0.25) is 4.79 Å². The Morgan fingerprint density at radius 1 is 1.47 bits per heavy atom. The van der Waals surface area contributed by atoms with Crippen LogP contribution >= 0.6 is 27.5 Å². The first-order chi connectivity index (χ1) is 7.08. The van der Waals surface area contributed by atoms with Gasteiger partial charge in [0.1, 0.15) is 5.82 Å². The van der Waals surface area contributed by atoms with E-state index in [4.69, 9.17) is 11.6 Å². The maximum absolute atomic E-state index is 13.2. The molecule has 15 heavy (non-hydrogen) atoms. The number of carbonyl (C=O) groups excluding carboxylic acids is 1. The molecule has 0 atom stereocenters. The highest BCUT2D eigenvalue weighted by Gasteiger charge is 2.20. The van der Waals surface area contributed by atoms with Gasteiger partial charge in [-0.05, 0) is 53.3 Å². The van der Waals surface area contributed by atoms with Crippen LogP contribution in [0.1, 0.15) is 17.5 Å². The molecule has 0 unspecified atom stereocenters. The highest BCUT2D eigenvalue weighted by atomic mass is 79.9. The van der Waals surface area contributed by atoms with Gasteiger partial charge in [0.25, 0.3) is 0 Å². The minimum Gasteiger partial charge on any atom is -0.276 e. The molecule has 0 fully saturated rings. The Bertz CT molecular complexity index is 468. The lowest BCUT2D eigenvalue weighted by atomic mass is 10.1. The molecule has 1 aromatic rings. The summed E-state index contributed by atoms with van der Waals surface area (Å²) in [4.78, 5) is 10.8. The summed E-state index contributed by atoms with van der Waals surface area (Å²) < 4.78 is 13.9. The molecule has 0 bridgehead atoms. The fourth-order valence-corrected chi connectivity index (χ4v) is 2.59. The second-order valence-corrected chi connectivity index (χ2v) is 4.61. The lowest BCUT2D eigenvalue weighted by Gasteiger charge is -2.03. The molecule has 0 aromatic heterocycles. The first-order valence-electron chi connectivity index (χ1n) is 4.46. The van der Waals surface area contributed by atoms with Crippen molar-refractivity contribution in [2.24, 2.45) is 0 Å². The zero-order chi connectivity index (χ0) is 11.0. The topological polar surface area (TPSA) is 17.1 Å². The van der Waals surface area contributed by atoms with Gasteiger partial charge in [0.15, 0.2) is 0 Å². The van der Waals surface area contributed by atoms with Gasteiger partial charge in [-0.1, -0.05) is 15.9 Å². The molecular weight excluding hydrogens is 282 g/mol. The molecule has 0 N–H and O–H groups in total. The molecule has 1 nitrogen and oxygen atoms in total. The summed E-state index contributed by atoms with van der Waals surface area (Å²) in [6, 6.07) is 2.88. The third-order valence-electron chi connectivity index (χ3n) is 2.44. The number of halogens is 3. The summed E-state index contributed by atoms with van der Waals surface area (Å²) in [5, 5.41) is -0.516. The number of allylic oxidation sites excluding steroid dienone is 2. The zero-order valence-electron chi connectivity index (χ0n) is 7.69. The fourth-order valence-electron chi connectivity index (χ4n) is 1.83. The minimum atomic E-state index is -0.516. The van der Waals surface area contributed by atoms with E-state index in [0.29, 0.717) is 0 Å². The van der Waals surface area contributed by atoms with Crippen LogP contribution in [0.3, 0.4) is 0 Å². The third-order valence-corrected chi connectivity index (χ3v) is 3.25. The molecule has 0 amide bonds. The van der Waals surface area contributed by atoms with Crippen LogP contribution in [0.2, 0.25) is 0 Å². The lowest BCUT2D eigenvalue weighted by Crippen LogP contribution is -1.87. The highest BCUT2D eigenvalue weighted by molar-refractivity contribution is 9.10. The van der Waals surface area contributed by atoms with Crippen LogP contribution < -0.4 is 0 Å². The summed E-state index contributed by atoms with van der Waals surface area (Å²) in [6.07, 6.45) is 2.90. The van der Waals surface area contributed by atoms with Gasteiger partial charge in [-0.25, -0.2) is 4.39 Å². The number of hydrogen-bond acceptors (Lipinski definition) is 1. The van der Waals surface area contributed by atoms with E-state index in [2.05, 4.69) is 15.9 Å². The second-order valence-electron chi connectivity index (χ2n) is 3.39. The van der Waals surface area contributed by atoms with Gasteiger partial charge < -0.3 is 0 Å². The van der Waals surface area contributed by atoms with E-state index in [-0.39, 0.29) is 5.82 Å². The smallest absolute Gasteiger partial charge is 0.245 e. The Kier molecular flexibility index (Phi) is 2.94. The van der Waals surface area contributed by atoms with Crippen LogP contribution in [0, 0.1) is 5.82 Å².